The predicted molar refractivity (Wildman–Crippen MR) is 73.4 cm³/mol. The van der Waals surface area contributed by atoms with Gasteiger partial charge in [0.25, 0.3) is 0 Å². The number of likely N-dealkylation sites (N-methyl/N-ethyl adjacent to an activating group) is 1. The third kappa shape index (κ3) is 3.18. The number of amidine groups is 1. The highest BCUT2D eigenvalue weighted by molar-refractivity contribution is 5.93. The van der Waals surface area contributed by atoms with E-state index in [1.54, 1.807) is 12.3 Å². The van der Waals surface area contributed by atoms with Crippen molar-refractivity contribution in [1.82, 2.24) is 14.9 Å². The lowest BCUT2D eigenvalue weighted by Gasteiger charge is -2.26. The summed E-state index contributed by atoms with van der Waals surface area (Å²) >= 11 is 0. The summed E-state index contributed by atoms with van der Waals surface area (Å²) in [5, 5.41) is 17.3. The van der Waals surface area contributed by atoms with E-state index in [2.05, 4.69) is 14.9 Å². The summed E-state index contributed by atoms with van der Waals surface area (Å²) in [4.78, 5) is 12.6. The van der Waals surface area contributed by atoms with Gasteiger partial charge in [0.15, 0.2) is 0 Å². The number of hydrogen-bond donors (Lipinski definition) is 3. The molecule has 2 atom stereocenters. The molecule has 1 saturated heterocycles. The van der Waals surface area contributed by atoms with Gasteiger partial charge >= 0.3 is 0 Å². The zero-order valence-electron chi connectivity index (χ0n) is 11.2. The molecule has 0 saturated carbocycles. The Hall–Kier alpha value is -1.73. The van der Waals surface area contributed by atoms with Gasteiger partial charge in [-0.1, -0.05) is 0 Å². The summed E-state index contributed by atoms with van der Waals surface area (Å²) in [5.41, 5.74) is 5.85. The molecule has 1 aliphatic heterocycles. The number of aliphatic hydroxyl groups excluding tert-OH is 1. The van der Waals surface area contributed by atoms with Crippen LogP contribution >= 0.6 is 0 Å². The Morgan fingerprint density at radius 1 is 1.63 bits per heavy atom. The van der Waals surface area contributed by atoms with Gasteiger partial charge in [-0.3, -0.25) is 5.41 Å². The van der Waals surface area contributed by atoms with E-state index < -0.39 is 0 Å². The number of aromatic nitrogens is 2. The molecule has 0 bridgehead atoms. The zero-order chi connectivity index (χ0) is 14.0. The molecule has 1 aromatic rings. The average Bonchev–Trinajstić information content (AvgIpc) is 2.69. The molecule has 104 valence electrons. The van der Waals surface area contributed by atoms with Gasteiger partial charge in [0.2, 0.25) is 5.95 Å². The molecule has 7 nitrogen and oxygen atoms in total. The maximum Gasteiger partial charge on any atom is 0.226 e. The molecule has 19 heavy (non-hydrogen) atoms. The first-order valence-electron chi connectivity index (χ1n) is 6.24. The quantitative estimate of drug-likeness (QED) is 0.489. The molecule has 0 spiro atoms. The van der Waals surface area contributed by atoms with Crippen molar-refractivity contribution in [2.75, 3.05) is 32.1 Å². The molecule has 2 heterocycles. The van der Waals surface area contributed by atoms with Gasteiger partial charge < -0.3 is 20.6 Å². The lowest BCUT2D eigenvalue weighted by Crippen LogP contribution is -2.38. The molecule has 0 aliphatic carbocycles. The van der Waals surface area contributed by atoms with Gasteiger partial charge in [-0.15, -0.1) is 0 Å². The Balaban J connectivity index is 2.23. The van der Waals surface area contributed by atoms with Crippen LogP contribution in [0.25, 0.3) is 0 Å². The fourth-order valence-corrected chi connectivity index (χ4v) is 2.37. The minimum atomic E-state index is -0.366. The van der Waals surface area contributed by atoms with E-state index in [4.69, 9.17) is 11.1 Å². The second-order valence-corrected chi connectivity index (χ2v) is 5.11. The minimum absolute atomic E-state index is 0.0763. The Labute approximate surface area is 112 Å². The molecule has 0 amide bonds. The Kier molecular flexibility index (Phi) is 3.96. The summed E-state index contributed by atoms with van der Waals surface area (Å²) < 4.78 is 0. The van der Waals surface area contributed by atoms with Crippen molar-refractivity contribution in [2.45, 2.75) is 18.6 Å². The molecule has 1 aliphatic rings. The van der Waals surface area contributed by atoms with Gasteiger partial charge in [-0.2, -0.15) is 0 Å². The summed E-state index contributed by atoms with van der Waals surface area (Å²) in [6, 6.07) is 1.78. The van der Waals surface area contributed by atoms with E-state index in [1.165, 1.54) is 0 Å². The van der Waals surface area contributed by atoms with Gasteiger partial charge in [0.1, 0.15) is 11.5 Å². The molecule has 0 radical (unpaired) electrons. The van der Waals surface area contributed by atoms with Crippen molar-refractivity contribution in [1.29, 1.82) is 5.41 Å². The SMILES string of the molecule is CN(C)CC1CC(O)CN1c1nccc(C(=N)N)n1. The third-order valence-electron chi connectivity index (χ3n) is 3.14. The molecule has 7 heteroatoms. The molecule has 2 rings (SSSR count). The van der Waals surface area contributed by atoms with E-state index in [1.807, 2.05) is 19.0 Å². The normalized spacial score (nSPS) is 23.1. The van der Waals surface area contributed by atoms with E-state index in [0.29, 0.717) is 24.6 Å². The number of anilines is 1. The highest BCUT2D eigenvalue weighted by atomic mass is 16.3. The van der Waals surface area contributed by atoms with Crippen LogP contribution in [0.2, 0.25) is 0 Å². The standard InChI is InChI=1S/C12H20N6O/c1-17(2)6-8-5-9(19)7-18(8)12-15-4-3-10(16-12)11(13)14/h3-4,8-9,19H,5-7H2,1-2H3,(H3,13,14). The topological polar surface area (TPSA) is 102 Å². The van der Waals surface area contributed by atoms with E-state index in [9.17, 15) is 5.11 Å². The van der Waals surface area contributed by atoms with Crippen molar-refractivity contribution in [3.8, 4) is 0 Å². The summed E-state index contributed by atoms with van der Waals surface area (Å²) in [5.74, 6) is 0.448. The van der Waals surface area contributed by atoms with Gasteiger partial charge in [-0.05, 0) is 26.6 Å². The van der Waals surface area contributed by atoms with Gasteiger partial charge in [0, 0.05) is 25.3 Å². The van der Waals surface area contributed by atoms with Crippen LogP contribution in [-0.2, 0) is 0 Å². The molecule has 0 aromatic carbocycles. The second kappa shape index (κ2) is 5.50. The first kappa shape index (κ1) is 13.7. The molecular weight excluding hydrogens is 244 g/mol. The number of nitrogens with zero attached hydrogens (tertiary/aromatic N) is 4. The molecule has 2 unspecified atom stereocenters. The Morgan fingerprint density at radius 2 is 2.37 bits per heavy atom. The second-order valence-electron chi connectivity index (χ2n) is 5.11. The predicted octanol–water partition coefficient (Wildman–Crippen LogP) is -0.738. The van der Waals surface area contributed by atoms with Crippen molar-refractivity contribution in [3.05, 3.63) is 18.0 Å². The fraction of sp³-hybridized carbons (Fsp3) is 0.583. The minimum Gasteiger partial charge on any atom is -0.391 e. The van der Waals surface area contributed by atoms with Crippen LogP contribution in [0.4, 0.5) is 5.95 Å². The van der Waals surface area contributed by atoms with Crippen LogP contribution in [0, 0.1) is 5.41 Å². The number of nitrogens with two attached hydrogens (primary N) is 1. The highest BCUT2D eigenvalue weighted by Gasteiger charge is 2.32. The molecular formula is C12H20N6O. The fourth-order valence-electron chi connectivity index (χ4n) is 2.37. The summed E-state index contributed by atoms with van der Waals surface area (Å²) in [7, 11) is 3.99. The first-order chi connectivity index (χ1) is 8.97. The average molecular weight is 264 g/mol. The summed E-state index contributed by atoms with van der Waals surface area (Å²) in [6.07, 6.45) is 1.93. The highest BCUT2D eigenvalue weighted by Crippen LogP contribution is 2.23. The van der Waals surface area contributed by atoms with Crippen LogP contribution in [0.3, 0.4) is 0 Å². The zero-order valence-corrected chi connectivity index (χ0v) is 11.2. The van der Waals surface area contributed by atoms with Crippen molar-refractivity contribution in [2.24, 2.45) is 5.73 Å². The number of nitrogen functional groups attached to an aromatic ring is 1. The third-order valence-corrected chi connectivity index (χ3v) is 3.14. The lowest BCUT2D eigenvalue weighted by atomic mass is 10.2. The maximum absolute atomic E-state index is 9.84. The Morgan fingerprint density at radius 3 is 3.00 bits per heavy atom. The molecule has 1 aromatic heterocycles. The monoisotopic (exact) mass is 264 g/mol. The van der Waals surface area contributed by atoms with Crippen LogP contribution in [0.1, 0.15) is 12.1 Å². The Bertz CT molecular complexity index is 463. The smallest absolute Gasteiger partial charge is 0.226 e. The number of nitrogens with one attached hydrogen (secondary N) is 1. The maximum atomic E-state index is 9.84. The number of hydrogen-bond acceptors (Lipinski definition) is 6. The molecule has 1 fully saturated rings. The number of β-amino-alcohol motifs (C(OH)–C–C–N with tert-alkyl or cyclic N) is 1. The van der Waals surface area contributed by atoms with Crippen LogP contribution in [0.5, 0.6) is 0 Å². The summed E-state index contributed by atoms with van der Waals surface area (Å²) in [6.45, 7) is 1.34. The van der Waals surface area contributed by atoms with E-state index in [0.717, 1.165) is 6.54 Å². The number of rotatable bonds is 4. The van der Waals surface area contributed by atoms with Crippen LogP contribution in [0.15, 0.2) is 12.3 Å². The van der Waals surface area contributed by atoms with Gasteiger partial charge in [0.05, 0.1) is 6.10 Å². The lowest BCUT2D eigenvalue weighted by molar-refractivity contribution is 0.191. The van der Waals surface area contributed by atoms with Gasteiger partial charge in [-0.25, -0.2) is 9.97 Å². The van der Waals surface area contributed by atoms with Crippen molar-refractivity contribution in [3.63, 3.8) is 0 Å². The van der Waals surface area contributed by atoms with Crippen LogP contribution < -0.4 is 10.6 Å². The van der Waals surface area contributed by atoms with E-state index in [-0.39, 0.29) is 18.0 Å². The van der Waals surface area contributed by atoms with E-state index >= 15 is 0 Å². The number of aliphatic hydroxyl groups is 1. The van der Waals surface area contributed by atoms with Crippen molar-refractivity contribution < 1.29 is 5.11 Å². The van der Waals surface area contributed by atoms with Crippen molar-refractivity contribution >= 4 is 11.8 Å². The molecule has 4 N–H and O–H groups in total. The van der Waals surface area contributed by atoms with Crippen LogP contribution in [-0.4, -0.2) is 65.1 Å². The largest absolute Gasteiger partial charge is 0.391 e. The first-order valence-corrected chi connectivity index (χ1v) is 6.24.